The van der Waals surface area contributed by atoms with E-state index in [2.05, 4.69) is 5.32 Å². The van der Waals surface area contributed by atoms with Crippen molar-refractivity contribution in [2.24, 2.45) is 0 Å². The van der Waals surface area contributed by atoms with Gasteiger partial charge in [0.25, 0.3) is 0 Å². The number of aliphatic hydroxyl groups excluding tert-OH is 1. The van der Waals surface area contributed by atoms with Crippen LogP contribution < -0.4 is 5.32 Å². The van der Waals surface area contributed by atoms with E-state index in [0.717, 1.165) is 0 Å². The first-order chi connectivity index (χ1) is 6.61. The van der Waals surface area contributed by atoms with Crippen molar-refractivity contribution in [1.29, 1.82) is 0 Å². The Hall–Kier alpha value is -0.770. The monoisotopic (exact) mass is 215 g/mol. The predicted molar refractivity (Wildman–Crippen MR) is 56.5 cm³/mol. The first-order valence-electron chi connectivity index (χ1n) is 4.46. The van der Waals surface area contributed by atoms with E-state index in [1.807, 2.05) is 0 Å². The Bertz CT molecular complexity index is 282. The summed E-state index contributed by atoms with van der Waals surface area (Å²) in [4.78, 5) is 0. The number of hydrogen-bond acceptors (Lipinski definition) is 3. The number of aliphatic hydroxyl groups is 1. The van der Waals surface area contributed by atoms with Gasteiger partial charge in [0.05, 0.1) is 6.10 Å². The summed E-state index contributed by atoms with van der Waals surface area (Å²) in [5, 5.41) is 22.0. The van der Waals surface area contributed by atoms with Crippen LogP contribution >= 0.6 is 11.6 Å². The number of phenolic OH excluding ortho intramolecular Hbond substituents is 1. The Morgan fingerprint density at radius 2 is 2.21 bits per heavy atom. The quantitative estimate of drug-likeness (QED) is 0.714. The summed E-state index contributed by atoms with van der Waals surface area (Å²) < 4.78 is 0. The summed E-state index contributed by atoms with van der Waals surface area (Å²) in [6.07, 6.45) is -0.403. The minimum Gasteiger partial charge on any atom is -0.508 e. The number of benzene rings is 1. The van der Waals surface area contributed by atoms with E-state index < -0.39 is 6.10 Å². The molecule has 0 aliphatic rings. The number of nitrogens with one attached hydrogen (secondary N) is 1. The zero-order chi connectivity index (χ0) is 10.6. The molecule has 0 aromatic heterocycles. The molecule has 1 rings (SSSR count). The standard InChI is InChI=1S/C10H14ClNO2/c1-7(13)5-12-6-8-9(11)3-2-4-10(8)14/h2-4,7,12-14H,5-6H2,1H3/t7-/m0/s1. The summed E-state index contributed by atoms with van der Waals surface area (Å²) in [6.45, 7) is 2.63. The zero-order valence-electron chi connectivity index (χ0n) is 8.00. The molecule has 1 aromatic rings. The molecule has 0 fully saturated rings. The average Bonchev–Trinajstić information content (AvgIpc) is 2.09. The maximum Gasteiger partial charge on any atom is 0.121 e. The summed E-state index contributed by atoms with van der Waals surface area (Å²) in [6, 6.07) is 5.00. The molecule has 3 nitrogen and oxygen atoms in total. The second-order valence-electron chi connectivity index (χ2n) is 3.22. The van der Waals surface area contributed by atoms with Gasteiger partial charge < -0.3 is 15.5 Å². The van der Waals surface area contributed by atoms with Crippen LogP contribution in [0.3, 0.4) is 0 Å². The lowest BCUT2D eigenvalue weighted by Crippen LogP contribution is -2.23. The Labute approximate surface area is 88.3 Å². The van der Waals surface area contributed by atoms with Crippen LogP contribution in [0.25, 0.3) is 0 Å². The summed E-state index contributed by atoms with van der Waals surface area (Å²) in [7, 11) is 0. The Morgan fingerprint density at radius 3 is 2.79 bits per heavy atom. The molecule has 0 aliphatic carbocycles. The highest BCUT2D eigenvalue weighted by molar-refractivity contribution is 6.31. The Balaban J connectivity index is 2.58. The van der Waals surface area contributed by atoms with Gasteiger partial charge in [0, 0.05) is 23.7 Å². The SMILES string of the molecule is C[C@H](O)CNCc1c(O)cccc1Cl. The van der Waals surface area contributed by atoms with E-state index in [4.69, 9.17) is 16.7 Å². The molecule has 4 heteroatoms. The van der Waals surface area contributed by atoms with Gasteiger partial charge in [0.1, 0.15) is 5.75 Å². The Kier molecular flexibility index (Phi) is 4.20. The smallest absolute Gasteiger partial charge is 0.121 e. The lowest BCUT2D eigenvalue weighted by molar-refractivity contribution is 0.191. The van der Waals surface area contributed by atoms with Gasteiger partial charge in [-0.05, 0) is 19.1 Å². The third kappa shape index (κ3) is 3.18. The van der Waals surface area contributed by atoms with Gasteiger partial charge in [-0.3, -0.25) is 0 Å². The minimum atomic E-state index is -0.403. The van der Waals surface area contributed by atoms with E-state index in [0.29, 0.717) is 23.7 Å². The molecule has 0 spiro atoms. The topological polar surface area (TPSA) is 52.5 Å². The van der Waals surface area contributed by atoms with E-state index >= 15 is 0 Å². The van der Waals surface area contributed by atoms with Gasteiger partial charge in [-0.15, -0.1) is 0 Å². The summed E-state index contributed by atoms with van der Waals surface area (Å²) >= 11 is 5.88. The van der Waals surface area contributed by atoms with E-state index in [9.17, 15) is 5.11 Å². The predicted octanol–water partition coefficient (Wildman–Crippen LogP) is 1.52. The second kappa shape index (κ2) is 5.20. The van der Waals surface area contributed by atoms with Crippen molar-refractivity contribution in [3.63, 3.8) is 0 Å². The van der Waals surface area contributed by atoms with Crippen LogP contribution in [0.5, 0.6) is 5.75 Å². The fraction of sp³-hybridized carbons (Fsp3) is 0.400. The van der Waals surface area contributed by atoms with Gasteiger partial charge in [-0.25, -0.2) is 0 Å². The molecule has 1 atom stereocenters. The fourth-order valence-electron chi connectivity index (χ4n) is 1.13. The highest BCUT2D eigenvalue weighted by atomic mass is 35.5. The van der Waals surface area contributed by atoms with Crippen molar-refractivity contribution in [2.45, 2.75) is 19.6 Å². The summed E-state index contributed by atoms with van der Waals surface area (Å²) in [5.41, 5.74) is 0.662. The van der Waals surface area contributed by atoms with Crippen LogP contribution in [-0.4, -0.2) is 22.9 Å². The van der Waals surface area contributed by atoms with Crippen molar-refractivity contribution in [3.05, 3.63) is 28.8 Å². The molecule has 0 amide bonds. The summed E-state index contributed by atoms with van der Waals surface area (Å²) in [5.74, 6) is 0.176. The first kappa shape index (κ1) is 11.3. The van der Waals surface area contributed by atoms with Gasteiger partial charge >= 0.3 is 0 Å². The largest absolute Gasteiger partial charge is 0.508 e. The van der Waals surface area contributed by atoms with Gasteiger partial charge in [0.15, 0.2) is 0 Å². The van der Waals surface area contributed by atoms with Gasteiger partial charge in [-0.1, -0.05) is 17.7 Å². The third-order valence-corrected chi connectivity index (χ3v) is 2.19. The van der Waals surface area contributed by atoms with Crippen LogP contribution in [-0.2, 0) is 6.54 Å². The molecule has 0 aliphatic heterocycles. The molecule has 0 radical (unpaired) electrons. The molecule has 78 valence electrons. The number of phenols is 1. The first-order valence-corrected chi connectivity index (χ1v) is 4.84. The fourth-order valence-corrected chi connectivity index (χ4v) is 1.36. The van der Waals surface area contributed by atoms with Crippen molar-refractivity contribution < 1.29 is 10.2 Å². The number of rotatable bonds is 4. The second-order valence-corrected chi connectivity index (χ2v) is 3.62. The molecule has 0 unspecified atom stereocenters. The van der Waals surface area contributed by atoms with E-state index in [-0.39, 0.29) is 5.75 Å². The molecule has 3 N–H and O–H groups in total. The van der Waals surface area contributed by atoms with Crippen LogP contribution in [0.4, 0.5) is 0 Å². The van der Waals surface area contributed by atoms with Crippen molar-refractivity contribution in [2.75, 3.05) is 6.54 Å². The molecular formula is C10H14ClNO2. The molecule has 1 aromatic carbocycles. The molecule has 0 saturated heterocycles. The van der Waals surface area contributed by atoms with E-state index in [1.54, 1.807) is 25.1 Å². The molecule has 14 heavy (non-hydrogen) atoms. The van der Waals surface area contributed by atoms with E-state index in [1.165, 1.54) is 0 Å². The lowest BCUT2D eigenvalue weighted by Gasteiger charge is -2.09. The normalized spacial score (nSPS) is 12.8. The third-order valence-electron chi connectivity index (χ3n) is 1.84. The minimum absolute atomic E-state index is 0.176. The van der Waals surface area contributed by atoms with Crippen molar-refractivity contribution in [1.82, 2.24) is 5.32 Å². The average molecular weight is 216 g/mol. The molecule has 0 saturated carbocycles. The van der Waals surface area contributed by atoms with Crippen LogP contribution in [0.1, 0.15) is 12.5 Å². The van der Waals surface area contributed by atoms with Crippen LogP contribution in [0, 0.1) is 0 Å². The maximum atomic E-state index is 9.47. The molecule has 0 bridgehead atoms. The molecule has 0 heterocycles. The van der Waals surface area contributed by atoms with Crippen LogP contribution in [0.2, 0.25) is 5.02 Å². The lowest BCUT2D eigenvalue weighted by atomic mass is 10.2. The number of halogens is 1. The van der Waals surface area contributed by atoms with Gasteiger partial charge in [-0.2, -0.15) is 0 Å². The number of hydrogen-bond donors (Lipinski definition) is 3. The maximum absolute atomic E-state index is 9.47. The zero-order valence-corrected chi connectivity index (χ0v) is 8.75. The highest BCUT2D eigenvalue weighted by Crippen LogP contribution is 2.24. The molecular weight excluding hydrogens is 202 g/mol. The Morgan fingerprint density at radius 1 is 1.50 bits per heavy atom. The van der Waals surface area contributed by atoms with Crippen LogP contribution in [0.15, 0.2) is 18.2 Å². The highest BCUT2D eigenvalue weighted by Gasteiger charge is 2.05. The van der Waals surface area contributed by atoms with Gasteiger partial charge in [0.2, 0.25) is 0 Å². The number of aromatic hydroxyl groups is 1. The van der Waals surface area contributed by atoms with Crippen molar-refractivity contribution >= 4 is 11.6 Å². The van der Waals surface area contributed by atoms with Crippen molar-refractivity contribution in [3.8, 4) is 5.75 Å².